The fraction of sp³-hybridized carbons (Fsp3) is 0.368. The van der Waals surface area contributed by atoms with E-state index < -0.39 is 0 Å². The zero-order valence-electron chi connectivity index (χ0n) is 14.9. The minimum atomic E-state index is -0.157. The maximum absolute atomic E-state index is 12.6. The minimum Gasteiger partial charge on any atom is -0.493 e. The molecule has 132 valence electrons. The van der Waals surface area contributed by atoms with E-state index in [1.807, 2.05) is 39.0 Å². The maximum atomic E-state index is 12.6. The lowest BCUT2D eigenvalue weighted by Gasteiger charge is -2.26. The van der Waals surface area contributed by atoms with E-state index in [4.69, 9.17) is 19.2 Å². The second-order valence-corrected chi connectivity index (χ2v) is 5.89. The van der Waals surface area contributed by atoms with Gasteiger partial charge in [0.05, 0.1) is 25.3 Å². The van der Waals surface area contributed by atoms with Crippen molar-refractivity contribution in [3.05, 3.63) is 47.4 Å². The van der Waals surface area contributed by atoms with Crippen LogP contribution in [0.3, 0.4) is 0 Å². The Bertz CT molecular complexity index is 774. The van der Waals surface area contributed by atoms with E-state index in [1.54, 1.807) is 23.1 Å². The van der Waals surface area contributed by atoms with Gasteiger partial charge in [0, 0.05) is 12.1 Å². The topological polar surface area (TPSA) is 75.7 Å². The highest BCUT2D eigenvalue weighted by molar-refractivity contribution is 5.78. The number of methoxy groups -OCH3 is 1. The number of nitriles is 1. The van der Waals surface area contributed by atoms with Crippen molar-refractivity contribution in [3.63, 3.8) is 0 Å². The minimum absolute atomic E-state index is 0.00404. The lowest BCUT2D eigenvalue weighted by molar-refractivity contribution is -0.136. The van der Waals surface area contributed by atoms with Crippen molar-refractivity contribution >= 4 is 5.91 Å². The normalized spacial score (nSPS) is 10.4. The van der Waals surface area contributed by atoms with Gasteiger partial charge in [-0.15, -0.1) is 0 Å². The molecule has 0 radical (unpaired) electrons. The largest absolute Gasteiger partial charge is 0.493 e. The summed E-state index contributed by atoms with van der Waals surface area (Å²) in [6.07, 6.45) is 0. The van der Waals surface area contributed by atoms with Crippen LogP contribution in [0, 0.1) is 18.3 Å². The molecule has 0 N–H and O–H groups in total. The average molecular weight is 342 g/mol. The van der Waals surface area contributed by atoms with Gasteiger partial charge in [0.15, 0.2) is 18.1 Å². The van der Waals surface area contributed by atoms with Crippen LogP contribution in [0.5, 0.6) is 11.5 Å². The van der Waals surface area contributed by atoms with E-state index in [9.17, 15) is 4.79 Å². The number of hydrogen-bond donors (Lipinski definition) is 0. The van der Waals surface area contributed by atoms with Crippen LogP contribution in [0.1, 0.15) is 30.9 Å². The maximum Gasteiger partial charge on any atom is 0.261 e. The van der Waals surface area contributed by atoms with Crippen LogP contribution in [-0.2, 0) is 11.3 Å². The first kappa shape index (κ1) is 18.4. The Labute approximate surface area is 147 Å². The first-order chi connectivity index (χ1) is 11.9. The third kappa shape index (κ3) is 4.77. The number of hydrogen-bond acceptors (Lipinski definition) is 5. The molecule has 0 aliphatic rings. The third-order valence-electron chi connectivity index (χ3n) is 3.71. The standard InChI is InChI=1S/C19H22N2O4/c1-13(2)21(11-16-7-5-14(3)25-16)19(22)12-24-17-8-6-15(10-20)9-18(17)23-4/h5-9,13H,11-12H2,1-4H3. The summed E-state index contributed by atoms with van der Waals surface area (Å²) in [6.45, 7) is 6.01. The molecular formula is C19H22N2O4. The van der Waals surface area contributed by atoms with E-state index in [0.29, 0.717) is 23.6 Å². The molecule has 0 saturated heterocycles. The first-order valence-corrected chi connectivity index (χ1v) is 8.00. The van der Waals surface area contributed by atoms with Crippen LogP contribution in [0.4, 0.5) is 0 Å². The Morgan fingerprint density at radius 1 is 1.28 bits per heavy atom. The Morgan fingerprint density at radius 3 is 2.60 bits per heavy atom. The summed E-state index contributed by atoms with van der Waals surface area (Å²) in [7, 11) is 1.49. The van der Waals surface area contributed by atoms with Gasteiger partial charge in [-0.05, 0) is 45.0 Å². The molecule has 6 heteroatoms. The fourth-order valence-electron chi connectivity index (χ4n) is 2.38. The van der Waals surface area contributed by atoms with Gasteiger partial charge in [-0.3, -0.25) is 4.79 Å². The summed E-state index contributed by atoms with van der Waals surface area (Å²) in [5.41, 5.74) is 0.465. The SMILES string of the molecule is COc1cc(C#N)ccc1OCC(=O)N(Cc1ccc(C)o1)C(C)C. The molecule has 0 atom stereocenters. The second kappa shape index (κ2) is 8.25. The molecule has 1 heterocycles. The number of aryl methyl sites for hydroxylation is 1. The fourth-order valence-corrected chi connectivity index (χ4v) is 2.38. The van der Waals surface area contributed by atoms with E-state index in [0.717, 1.165) is 11.5 Å². The van der Waals surface area contributed by atoms with Gasteiger partial charge in [0.25, 0.3) is 5.91 Å². The zero-order valence-corrected chi connectivity index (χ0v) is 14.9. The zero-order chi connectivity index (χ0) is 18.4. The molecule has 0 aliphatic carbocycles. The number of rotatable bonds is 7. The van der Waals surface area contributed by atoms with Crippen LogP contribution >= 0.6 is 0 Å². The third-order valence-corrected chi connectivity index (χ3v) is 3.71. The summed E-state index contributed by atoms with van der Waals surface area (Å²) < 4.78 is 16.4. The number of ether oxygens (including phenoxy) is 2. The lowest BCUT2D eigenvalue weighted by Crippen LogP contribution is -2.39. The molecule has 0 fully saturated rings. The van der Waals surface area contributed by atoms with E-state index in [2.05, 4.69) is 0 Å². The molecule has 1 aromatic heterocycles. The van der Waals surface area contributed by atoms with Gasteiger partial charge in [0.1, 0.15) is 11.5 Å². The predicted octanol–water partition coefficient (Wildman–Crippen LogP) is 3.28. The smallest absolute Gasteiger partial charge is 0.261 e. The number of carbonyl (C=O) groups excluding carboxylic acids is 1. The number of amides is 1. The van der Waals surface area contributed by atoms with Gasteiger partial charge in [-0.1, -0.05) is 0 Å². The Morgan fingerprint density at radius 2 is 2.04 bits per heavy atom. The summed E-state index contributed by atoms with van der Waals surface area (Å²) in [6, 6.07) is 10.6. The van der Waals surface area contributed by atoms with Crippen LogP contribution in [0.2, 0.25) is 0 Å². The van der Waals surface area contributed by atoms with Crippen LogP contribution in [-0.4, -0.2) is 30.6 Å². The van der Waals surface area contributed by atoms with E-state index >= 15 is 0 Å². The molecule has 1 aromatic carbocycles. The van der Waals surface area contributed by atoms with Gasteiger partial charge in [-0.25, -0.2) is 0 Å². The van der Waals surface area contributed by atoms with Crippen molar-refractivity contribution in [1.29, 1.82) is 5.26 Å². The number of benzene rings is 1. The first-order valence-electron chi connectivity index (χ1n) is 8.00. The Hall–Kier alpha value is -2.94. The van der Waals surface area contributed by atoms with Gasteiger partial charge >= 0.3 is 0 Å². The van der Waals surface area contributed by atoms with Crippen molar-refractivity contribution in [2.45, 2.75) is 33.4 Å². The highest BCUT2D eigenvalue weighted by Crippen LogP contribution is 2.28. The van der Waals surface area contributed by atoms with Gasteiger partial charge in [-0.2, -0.15) is 5.26 Å². The summed E-state index contributed by atoms with van der Waals surface area (Å²) in [5, 5.41) is 8.93. The van der Waals surface area contributed by atoms with Gasteiger partial charge in [0.2, 0.25) is 0 Å². The number of carbonyl (C=O) groups is 1. The highest BCUT2D eigenvalue weighted by Gasteiger charge is 2.20. The monoisotopic (exact) mass is 342 g/mol. The molecule has 25 heavy (non-hydrogen) atoms. The molecule has 0 saturated carbocycles. The van der Waals surface area contributed by atoms with Crippen molar-refractivity contribution in [1.82, 2.24) is 4.90 Å². The summed E-state index contributed by atoms with van der Waals surface area (Å²) in [5.74, 6) is 2.23. The van der Waals surface area contributed by atoms with E-state index in [-0.39, 0.29) is 18.6 Å². The van der Waals surface area contributed by atoms with Crippen molar-refractivity contribution in [3.8, 4) is 17.6 Å². The predicted molar refractivity (Wildman–Crippen MR) is 92.3 cm³/mol. The van der Waals surface area contributed by atoms with Crippen molar-refractivity contribution in [2.24, 2.45) is 0 Å². The van der Waals surface area contributed by atoms with Crippen LogP contribution in [0.15, 0.2) is 34.7 Å². The molecule has 2 aromatic rings. The molecule has 2 rings (SSSR count). The lowest BCUT2D eigenvalue weighted by atomic mass is 10.2. The Balaban J connectivity index is 2.05. The molecule has 0 bridgehead atoms. The van der Waals surface area contributed by atoms with Crippen molar-refractivity contribution < 1.29 is 18.7 Å². The average Bonchev–Trinajstić information content (AvgIpc) is 3.02. The second-order valence-electron chi connectivity index (χ2n) is 5.89. The van der Waals surface area contributed by atoms with Crippen LogP contribution < -0.4 is 9.47 Å². The summed E-state index contributed by atoms with van der Waals surface area (Å²) in [4.78, 5) is 14.2. The molecule has 0 spiro atoms. The van der Waals surface area contributed by atoms with Crippen molar-refractivity contribution in [2.75, 3.05) is 13.7 Å². The number of nitrogens with zero attached hydrogens (tertiary/aromatic N) is 2. The summed E-state index contributed by atoms with van der Waals surface area (Å²) >= 11 is 0. The quantitative estimate of drug-likeness (QED) is 0.772. The molecule has 6 nitrogen and oxygen atoms in total. The highest BCUT2D eigenvalue weighted by atomic mass is 16.5. The van der Waals surface area contributed by atoms with E-state index in [1.165, 1.54) is 7.11 Å². The van der Waals surface area contributed by atoms with Crippen LogP contribution in [0.25, 0.3) is 0 Å². The molecular weight excluding hydrogens is 320 g/mol. The Kier molecular flexibility index (Phi) is 6.07. The molecule has 0 aliphatic heterocycles. The number of furan rings is 1. The van der Waals surface area contributed by atoms with Gasteiger partial charge < -0.3 is 18.8 Å². The molecule has 1 amide bonds. The molecule has 0 unspecified atom stereocenters.